The van der Waals surface area contributed by atoms with E-state index in [4.69, 9.17) is 10.7 Å². The van der Waals surface area contributed by atoms with Crippen LogP contribution in [0.4, 0.5) is 5.69 Å². The molecule has 0 unspecified atom stereocenters. The van der Waals surface area contributed by atoms with Crippen LogP contribution in [0.3, 0.4) is 0 Å². The fourth-order valence-electron chi connectivity index (χ4n) is 4.78. The number of aromatic nitrogens is 3. The third-order valence-corrected chi connectivity index (χ3v) is 6.74. The maximum Gasteiger partial charge on any atom is 0.150 e. The molecule has 1 aliphatic rings. The van der Waals surface area contributed by atoms with Crippen LogP contribution in [0.5, 0.6) is 0 Å². The minimum absolute atomic E-state index is 0.292. The summed E-state index contributed by atoms with van der Waals surface area (Å²) in [5.41, 5.74) is 13.0. The van der Waals surface area contributed by atoms with E-state index in [1.807, 2.05) is 41.2 Å². The van der Waals surface area contributed by atoms with Crippen LogP contribution in [0.15, 0.2) is 79.1 Å². The van der Waals surface area contributed by atoms with Gasteiger partial charge in [-0.3, -0.25) is 9.36 Å². The van der Waals surface area contributed by atoms with Gasteiger partial charge >= 0.3 is 0 Å². The summed E-state index contributed by atoms with van der Waals surface area (Å²) in [6.45, 7) is 1.91. The summed E-state index contributed by atoms with van der Waals surface area (Å²) in [4.78, 5) is 23.1. The first-order chi connectivity index (χ1) is 16.7. The Morgan fingerprint density at radius 2 is 1.71 bits per heavy atom. The molecule has 6 nitrogen and oxygen atoms in total. The quantitative estimate of drug-likeness (QED) is 0.393. The Bertz CT molecular complexity index is 1500. The van der Waals surface area contributed by atoms with Crippen LogP contribution in [0.25, 0.3) is 38.9 Å². The Morgan fingerprint density at radius 3 is 2.50 bits per heavy atom. The zero-order chi connectivity index (χ0) is 23.1. The van der Waals surface area contributed by atoms with Crippen molar-refractivity contribution in [1.82, 2.24) is 14.5 Å². The van der Waals surface area contributed by atoms with Crippen LogP contribution in [0, 0.1) is 0 Å². The van der Waals surface area contributed by atoms with Gasteiger partial charge < -0.3 is 10.6 Å². The van der Waals surface area contributed by atoms with Crippen molar-refractivity contribution in [1.29, 1.82) is 0 Å². The molecule has 0 spiro atoms. The summed E-state index contributed by atoms with van der Waals surface area (Å²) < 4.78 is 2.04. The average molecular weight is 448 g/mol. The number of nitrogens with two attached hydrogens (primary N) is 1. The number of hydrogen-bond donors (Lipinski definition) is 1. The molecule has 3 heterocycles. The largest absolute Gasteiger partial charge is 0.370 e. The van der Waals surface area contributed by atoms with Crippen molar-refractivity contribution >= 4 is 33.9 Å². The summed E-state index contributed by atoms with van der Waals surface area (Å²) in [6.07, 6.45) is 4.70. The number of fused-ring (bicyclic) bond motifs is 2. The zero-order valence-corrected chi connectivity index (χ0v) is 18.8. The number of imidazole rings is 1. The number of anilines is 1. The summed E-state index contributed by atoms with van der Waals surface area (Å²) in [5.74, 6) is 0.847. The summed E-state index contributed by atoms with van der Waals surface area (Å²) in [5, 5.41) is 1.13. The number of piperidine rings is 1. The maximum atomic E-state index is 10.9. The monoisotopic (exact) mass is 447 g/mol. The van der Waals surface area contributed by atoms with Gasteiger partial charge in [-0.05, 0) is 54.3 Å². The number of para-hydroxylation sites is 1. The van der Waals surface area contributed by atoms with E-state index in [2.05, 4.69) is 52.3 Å². The molecule has 0 radical (unpaired) electrons. The van der Waals surface area contributed by atoms with Gasteiger partial charge in [0.25, 0.3) is 0 Å². The van der Waals surface area contributed by atoms with Crippen molar-refractivity contribution < 1.29 is 4.79 Å². The van der Waals surface area contributed by atoms with E-state index in [9.17, 15) is 4.79 Å². The Morgan fingerprint density at radius 1 is 0.912 bits per heavy atom. The van der Waals surface area contributed by atoms with Gasteiger partial charge in [-0.15, -0.1) is 0 Å². The highest BCUT2D eigenvalue weighted by Crippen LogP contribution is 2.30. The van der Waals surface area contributed by atoms with Crippen LogP contribution in [0.1, 0.15) is 23.2 Å². The molecule has 0 saturated carbocycles. The number of carbonyl (C=O) groups excluding carboxylic acids is 1. The first-order valence-corrected chi connectivity index (χ1v) is 11.6. The molecule has 2 N–H and O–H groups in total. The number of benzene rings is 3. The highest BCUT2D eigenvalue weighted by molar-refractivity contribution is 5.92. The minimum atomic E-state index is 0.292. The number of hydrogen-bond acceptors (Lipinski definition) is 5. The standard InChI is InChI=1S/C28H25N5O/c29-23-12-14-32(15-13-23)26-3-1-2-21-9-11-27(31-28(21)26)33-18-30-24-16-22(8-10-25(24)33)20-6-4-19(17-34)5-7-20/h1-11,16-18,23H,12-15,29H2. The molecule has 0 aliphatic carbocycles. The fourth-order valence-corrected chi connectivity index (χ4v) is 4.78. The van der Waals surface area contributed by atoms with E-state index in [0.29, 0.717) is 11.6 Å². The van der Waals surface area contributed by atoms with Gasteiger partial charge in [0.2, 0.25) is 0 Å². The van der Waals surface area contributed by atoms with Crippen molar-refractivity contribution in [2.45, 2.75) is 18.9 Å². The first-order valence-electron chi connectivity index (χ1n) is 11.6. The van der Waals surface area contributed by atoms with Gasteiger partial charge in [-0.1, -0.05) is 42.5 Å². The highest BCUT2D eigenvalue weighted by Gasteiger charge is 2.19. The van der Waals surface area contributed by atoms with Crippen molar-refractivity contribution in [3.8, 4) is 16.9 Å². The summed E-state index contributed by atoms with van der Waals surface area (Å²) in [7, 11) is 0. The van der Waals surface area contributed by atoms with Crippen molar-refractivity contribution in [2.75, 3.05) is 18.0 Å². The fraction of sp³-hybridized carbons (Fsp3) is 0.179. The second-order valence-corrected chi connectivity index (χ2v) is 8.90. The number of pyridine rings is 1. The van der Waals surface area contributed by atoms with Gasteiger partial charge in [0.15, 0.2) is 0 Å². The second kappa shape index (κ2) is 8.39. The van der Waals surface area contributed by atoms with E-state index < -0.39 is 0 Å². The van der Waals surface area contributed by atoms with Crippen LogP contribution < -0.4 is 10.6 Å². The van der Waals surface area contributed by atoms with E-state index in [0.717, 1.165) is 76.8 Å². The van der Waals surface area contributed by atoms with Gasteiger partial charge in [-0.25, -0.2) is 9.97 Å². The first kappa shape index (κ1) is 20.6. The molecule has 1 fully saturated rings. The SMILES string of the molecule is NC1CCN(c2cccc3ccc(-n4cnc5cc(-c6ccc(C=O)cc6)ccc54)nc23)CC1. The highest BCUT2D eigenvalue weighted by atomic mass is 16.1. The molecule has 0 bridgehead atoms. The van der Waals surface area contributed by atoms with Crippen molar-refractivity contribution in [2.24, 2.45) is 5.73 Å². The van der Waals surface area contributed by atoms with Gasteiger partial charge in [0, 0.05) is 30.1 Å². The lowest BCUT2D eigenvalue weighted by atomic mass is 10.0. The molecular formula is C28H25N5O. The van der Waals surface area contributed by atoms with E-state index in [-0.39, 0.29) is 0 Å². The predicted molar refractivity (Wildman–Crippen MR) is 137 cm³/mol. The van der Waals surface area contributed by atoms with Crippen LogP contribution in [0.2, 0.25) is 0 Å². The Kier molecular flexibility index (Phi) is 5.08. The number of nitrogens with zero attached hydrogens (tertiary/aromatic N) is 4. The van der Waals surface area contributed by atoms with Crippen LogP contribution in [-0.2, 0) is 0 Å². The van der Waals surface area contributed by atoms with Crippen molar-refractivity contribution in [3.63, 3.8) is 0 Å². The number of rotatable bonds is 4. The van der Waals surface area contributed by atoms with Crippen LogP contribution in [-0.4, -0.2) is 40.0 Å². The second-order valence-electron chi connectivity index (χ2n) is 8.90. The lowest BCUT2D eigenvalue weighted by Gasteiger charge is -2.32. The lowest BCUT2D eigenvalue weighted by molar-refractivity contribution is 0.112. The summed E-state index contributed by atoms with van der Waals surface area (Å²) in [6, 6.07) is 24.7. The predicted octanol–water partition coefficient (Wildman–Crippen LogP) is 4.98. The molecule has 0 amide bonds. The maximum absolute atomic E-state index is 10.9. The number of carbonyl (C=O) groups is 1. The molecule has 2 aromatic heterocycles. The lowest BCUT2D eigenvalue weighted by Crippen LogP contribution is -2.39. The molecule has 3 aromatic carbocycles. The Hall–Kier alpha value is -4.03. The van der Waals surface area contributed by atoms with Crippen LogP contribution >= 0.6 is 0 Å². The van der Waals surface area contributed by atoms with Gasteiger partial charge in [0.05, 0.1) is 22.2 Å². The normalized spacial score (nSPS) is 14.7. The van der Waals surface area contributed by atoms with Crippen molar-refractivity contribution in [3.05, 3.63) is 84.7 Å². The minimum Gasteiger partial charge on any atom is -0.370 e. The smallest absolute Gasteiger partial charge is 0.150 e. The molecule has 168 valence electrons. The van der Waals surface area contributed by atoms with E-state index in [1.165, 1.54) is 0 Å². The third kappa shape index (κ3) is 3.62. The van der Waals surface area contributed by atoms with E-state index >= 15 is 0 Å². The molecule has 6 rings (SSSR count). The Labute approximate surface area is 197 Å². The Balaban J connectivity index is 1.39. The van der Waals surface area contributed by atoms with E-state index in [1.54, 1.807) is 0 Å². The number of aldehydes is 1. The molecular weight excluding hydrogens is 422 g/mol. The average Bonchev–Trinajstić information content (AvgIpc) is 3.32. The molecule has 1 aliphatic heterocycles. The zero-order valence-electron chi connectivity index (χ0n) is 18.8. The van der Waals surface area contributed by atoms with Gasteiger partial charge in [-0.2, -0.15) is 0 Å². The topological polar surface area (TPSA) is 77.0 Å². The molecule has 1 saturated heterocycles. The third-order valence-electron chi connectivity index (χ3n) is 6.74. The molecule has 5 aromatic rings. The summed E-state index contributed by atoms with van der Waals surface area (Å²) >= 11 is 0. The van der Waals surface area contributed by atoms with Gasteiger partial charge in [0.1, 0.15) is 18.4 Å². The molecule has 34 heavy (non-hydrogen) atoms. The molecule has 6 heteroatoms. The molecule has 0 atom stereocenters.